The number of carbonyl (C=O) groups excluding carboxylic acids is 2. The molecule has 6 nitrogen and oxygen atoms in total. The maximum absolute atomic E-state index is 14.0. The number of halogens is 3. The number of ketones is 1. The van der Waals surface area contributed by atoms with Crippen molar-refractivity contribution in [2.45, 2.75) is 19.3 Å². The number of Topliss-reactive ketones (excluding diaryl/α,β-unsaturated/α-hetero) is 1. The monoisotopic (exact) mass is 526 g/mol. The molecule has 3 aromatic rings. The summed E-state index contributed by atoms with van der Waals surface area (Å²) in [5.74, 6) is -2.75. The Morgan fingerprint density at radius 2 is 1.65 bits per heavy atom. The molecule has 1 saturated heterocycles. The highest BCUT2D eigenvalue weighted by molar-refractivity contribution is 9.10. The Kier molecular flexibility index (Phi) is 7.12. The number of carbonyl (C=O) groups is 2. The van der Waals surface area contributed by atoms with Crippen LogP contribution in [0.15, 0.2) is 59.2 Å². The maximum atomic E-state index is 14.0. The van der Waals surface area contributed by atoms with Crippen molar-refractivity contribution >= 4 is 39.3 Å². The molecule has 1 fully saturated rings. The second-order valence-corrected chi connectivity index (χ2v) is 8.87. The first-order chi connectivity index (χ1) is 16.3. The average molecular weight is 527 g/mol. The van der Waals surface area contributed by atoms with Gasteiger partial charge in [-0.1, -0.05) is 24.3 Å². The molecule has 4 rings (SSSR count). The van der Waals surface area contributed by atoms with Crippen molar-refractivity contribution in [1.29, 1.82) is 5.41 Å². The molecule has 0 aliphatic carbocycles. The summed E-state index contributed by atoms with van der Waals surface area (Å²) < 4.78 is 28.6. The zero-order valence-electron chi connectivity index (χ0n) is 18.1. The standard InChI is InChI=1S/C25H21BrF2N4O2/c26-18-7-8-23(30-14-18)31-25(34)19-13-21(28)20(27)11-17(19)12-22(33)15-3-5-16(6-4-15)24(29)32-9-1-2-10-32/h3-8,11,13-14,29H,1-2,9-10,12H2,(H,30,31,34). The molecular formula is C25H21BrF2N4O2. The summed E-state index contributed by atoms with van der Waals surface area (Å²) in [5, 5.41) is 10.9. The van der Waals surface area contributed by atoms with E-state index in [4.69, 9.17) is 5.41 Å². The summed E-state index contributed by atoms with van der Waals surface area (Å²) in [5.41, 5.74) is 0.966. The smallest absolute Gasteiger partial charge is 0.257 e. The van der Waals surface area contributed by atoms with E-state index in [9.17, 15) is 18.4 Å². The first-order valence-corrected chi connectivity index (χ1v) is 11.5. The van der Waals surface area contributed by atoms with E-state index in [1.807, 2.05) is 4.90 Å². The second kappa shape index (κ2) is 10.2. The predicted octanol–water partition coefficient (Wildman–Crippen LogP) is 5.22. The Labute approximate surface area is 203 Å². The van der Waals surface area contributed by atoms with Crippen LogP contribution in [0.5, 0.6) is 0 Å². The lowest BCUT2D eigenvalue weighted by Gasteiger charge is -2.18. The van der Waals surface area contributed by atoms with Crippen molar-refractivity contribution < 1.29 is 18.4 Å². The first-order valence-electron chi connectivity index (χ1n) is 10.7. The van der Waals surface area contributed by atoms with E-state index in [-0.39, 0.29) is 29.1 Å². The lowest BCUT2D eigenvalue weighted by molar-refractivity contribution is 0.0992. The molecule has 2 N–H and O–H groups in total. The fourth-order valence-electron chi connectivity index (χ4n) is 3.79. The van der Waals surface area contributed by atoms with Crippen molar-refractivity contribution in [1.82, 2.24) is 9.88 Å². The molecule has 1 aromatic heterocycles. The van der Waals surface area contributed by atoms with Gasteiger partial charge in [0.05, 0.1) is 0 Å². The van der Waals surface area contributed by atoms with Gasteiger partial charge in [0.2, 0.25) is 0 Å². The van der Waals surface area contributed by atoms with Gasteiger partial charge in [0.25, 0.3) is 5.91 Å². The fraction of sp³-hybridized carbons (Fsp3) is 0.200. The highest BCUT2D eigenvalue weighted by Gasteiger charge is 2.20. The number of hydrogen-bond acceptors (Lipinski definition) is 4. The lowest BCUT2D eigenvalue weighted by atomic mass is 9.97. The van der Waals surface area contributed by atoms with Gasteiger partial charge >= 0.3 is 0 Å². The van der Waals surface area contributed by atoms with Gasteiger partial charge in [-0.05, 0) is 58.6 Å². The van der Waals surface area contributed by atoms with Crippen LogP contribution in [-0.2, 0) is 6.42 Å². The number of nitrogens with zero attached hydrogens (tertiary/aromatic N) is 2. The quantitative estimate of drug-likeness (QED) is 0.262. The number of pyridine rings is 1. The number of nitrogens with one attached hydrogen (secondary N) is 2. The largest absolute Gasteiger partial charge is 0.357 e. The molecule has 9 heteroatoms. The number of hydrogen-bond donors (Lipinski definition) is 2. The van der Waals surface area contributed by atoms with Gasteiger partial charge < -0.3 is 10.2 Å². The predicted molar refractivity (Wildman–Crippen MR) is 128 cm³/mol. The Hall–Kier alpha value is -3.46. The molecule has 2 heterocycles. The third-order valence-corrected chi connectivity index (χ3v) is 6.08. The summed E-state index contributed by atoms with van der Waals surface area (Å²) in [6.07, 6.45) is 3.30. The number of amides is 1. The van der Waals surface area contributed by atoms with Crippen molar-refractivity contribution in [2.24, 2.45) is 0 Å². The molecule has 0 bridgehead atoms. The SMILES string of the molecule is N=C(c1ccc(C(=O)Cc2cc(F)c(F)cc2C(=O)Nc2ccc(Br)cn2)cc1)N1CCCC1. The molecule has 0 atom stereocenters. The number of aromatic nitrogens is 1. The minimum absolute atomic E-state index is 0.0624. The minimum Gasteiger partial charge on any atom is -0.357 e. The Balaban J connectivity index is 1.52. The van der Waals surface area contributed by atoms with Gasteiger partial charge in [-0.2, -0.15) is 0 Å². The molecule has 34 heavy (non-hydrogen) atoms. The Bertz CT molecular complexity index is 1240. The molecule has 1 aliphatic rings. The van der Waals surface area contributed by atoms with Crippen LogP contribution in [0, 0.1) is 17.0 Å². The second-order valence-electron chi connectivity index (χ2n) is 7.96. The van der Waals surface area contributed by atoms with Gasteiger partial charge in [0, 0.05) is 46.9 Å². The number of anilines is 1. The topological polar surface area (TPSA) is 86.1 Å². The van der Waals surface area contributed by atoms with Crippen LogP contribution < -0.4 is 5.32 Å². The first kappa shape index (κ1) is 23.7. The van der Waals surface area contributed by atoms with Gasteiger partial charge in [-0.25, -0.2) is 13.8 Å². The van der Waals surface area contributed by atoms with Crippen LogP contribution in [0.2, 0.25) is 0 Å². The number of likely N-dealkylation sites (tertiary alicyclic amines) is 1. The van der Waals surface area contributed by atoms with E-state index in [0.717, 1.165) is 38.1 Å². The molecular weight excluding hydrogens is 506 g/mol. The average Bonchev–Trinajstić information content (AvgIpc) is 3.37. The Morgan fingerprint density at radius 3 is 2.29 bits per heavy atom. The summed E-state index contributed by atoms with van der Waals surface area (Å²) in [4.78, 5) is 31.7. The maximum Gasteiger partial charge on any atom is 0.257 e. The summed E-state index contributed by atoms with van der Waals surface area (Å²) in [6, 6.07) is 11.5. The number of benzene rings is 2. The molecule has 2 aromatic carbocycles. The molecule has 0 saturated carbocycles. The normalized spacial score (nSPS) is 13.1. The van der Waals surface area contributed by atoms with Gasteiger partial charge in [0.1, 0.15) is 11.7 Å². The van der Waals surface area contributed by atoms with E-state index >= 15 is 0 Å². The van der Waals surface area contributed by atoms with Crippen LogP contribution >= 0.6 is 15.9 Å². The lowest BCUT2D eigenvalue weighted by Crippen LogP contribution is -2.27. The molecule has 1 aliphatic heterocycles. The summed E-state index contributed by atoms with van der Waals surface area (Å²) >= 11 is 3.25. The Morgan fingerprint density at radius 1 is 1.00 bits per heavy atom. The summed E-state index contributed by atoms with van der Waals surface area (Å²) in [6.45, 7) is 1.69. The number of amidine groups is 1. The van der Waals surface area contributed by atoms with Crippen molar-refractivity contribution in [3.63, 3.8) is 0 Å². The summed E-state index contributed by atoms with van der Waals surface area (Å²) in [7, 11) is 0. The minimum atomic E-state index is -1.19. The highest BCUT2D eigenvalue weighted by Crippen LogP contribution is 2.20. The molecule has 0 spiro atoms. The third-order valence-electron chi connectivity index (χ3n) is 5.61. The van der Waals surface area contributed by atoms with Crippen molar-refractivity contribution in [3.05, 3.63) is 93.1 Å². The van der Waals surface area contributed by atoms with Gasteiger partial charge in [-0.3, -0.25) is 15.0 Å². The van der Waals surface area contributed by atoms with E-state index < -0.39 is 17.5 Å². The van der Waals surface area contributed by atoms with Crippen LogP contribution in [-0.4, -0.2) is 40.5 Å². The van der Waals surface area contributed by atoms with Crippen molar-refractivity contribution in [3.8, 4) is 0 Å². The van der Waals surface area contributed by atoms with E-state index in [1.54, 1.807) is 36.4 Å². The van der Waals surface area contributed by atoms with Crippen LogP contribution in [0.25, 0.3) is 0 Å². The molecule has 1 amide bonds. The molecule has 0 radical (unpaired) electrons. The van der Waals surface area contributed by atoms with Gasteiger partial charge in [0.15, 0.2) is 17.4 Å². The van der Waals surface area contributed by atoms with E-state index in [0.29, 0.717) is 21.4 Å². The van der Waals surface area contributed by atoms with Crippen LogP contribution in [0.1, 0.15) is 44.7 Å². The third kappa shape index (κ3) is 5.36. The zero-order chi connectivity index (χ0) is 24.2. The van der Waals surface area contributed by atoms with Crippen LogP contribution in [0.3, 0.4) is 0 Å². The van der Waals surface area contributed by atoms with E-state index in [2.05, 4.69) is 26.2 Å². The van der Waals surface area contributed by atoms with Crippen molar-refractivity contribution in [2.75, 3.05) is 18.4 Å². The number of rotatable bonds is 6. The fourth-order valence-corrected chi connectivity index (χ4v) is 4.03. The van der Waals surface area contributed by atoms with Crippen LogP contribution in [0.4, 0.5) is 14.6 Å². The molecule has 0 unspecified atom stereocenters. The van der Waals surface area contributed by atoms with E-state index in [1.165, 1.54) is 6.20 Å². The van der Waals surface area contributed by atoms with Gasteiger partial charge in [-0.15, -0.1) is 0 Å². The molecule has 174 valence electrons. The highest BCUT2D eigenvalue weighted by atomic mass is 79.9. The zero-order valence-corrected chi connectivity index (χ0v) is 19.7.